The van der Waals surface area contributed by atoms with Gasteiger partial charge in [-0.15, -0.1) is 5.10 Å². The van der Waals surface area contributed by atoms with Gasteiger partial charge in [0, 0.05) is 18.0 Å². The lowest BCUT2D eigenvalue weighted by atomic mass is 10.2. The predicted octanol–water partition coefficient (Wildman–Crippen LogP) is 1.57. The Bertz CT molecular complexity index is 216. The van der Waals surface area contributed by atoms with Crippen molar-refractivity contribution in [2.75, 3.05) is 0 Å². The minimum absolute atomic E-state index is 0.728. The van der Waals surface area contributed by atoms with Crippen molar-refractivity contribution >= 4 is 11.5 Å². The second-order valence-corrected chi connectivity index (χ2v) is 3.87. The van der Waals surface area contributed by atoms with Gasteiger partial charge in [0.1, 0.15) is 0 Å². The van der Waals surface area contributed by atoms with Crippen molar-refractivity contribution in [1.29, 1.82) is 0 Å². The van der Waals surface area contributed by atoms with Gasteiger partial charge in [0.25, 0.3) is 0 Å². The smallest absolute Gasteiger partial charge is 0.0893 e. The Balaban J connectivity index is 1.74. The molecular formula is C8H13N3S. The van der Waals surface area contributed by atoms with E-state index in [0.717, 1.165) is 18.3 Å². The molecule has 0 radical (unpaired) electrons. The van der Waals surface area contributed by atoms with E-state index in [1.807, 2.05) is 5.38 Å². The highest BCUT2D eigenvalue weighted by Crippen LogP contribution is 2.17. The molecule has 4 heteroatoms. The molecule has 1 aliphatic carbocycles. The van der Waals surface area contributed by atoms with E-state index in [4.69, 9.17) is 0 Å². The molecule has 0 spiro atoms. The summed E-state index contributed by atoms with van der Waals surface area (Å²) in [5.41, 5.74) is 1.08. The van der Waals surface area contributed by atoms with Crippen LogP contribution in [0.2, 0.25) is 0 Å². The Hall–Kier alpha value is -0.480. The van der Waals surface area contributed by atoms with E-state index in [0.29, 0.717) is 0 Å². The summed E-state index contributed by atoms with van der Waals surface area (Å²) in [4.78, 5) is 0. The summed E-state index contributed by atoms with van der Waals surface area (Å²) < 4.78 is 3.82. The van der Waals surface area contributed by atoms with Crippen molar-refractivity contribution in [2.45, 2.75) is 38.3 Å². The van der Waals surface area contributed by atoms with E-state index in [-0.39, 0.29) is 0 Å². The summed E-state index contributed by atoms with van der Waals surface area (Å²) in [6.45, 7) is 0.890. The van der Waals surface area contributed by atoms with Gasteiger partial charge in [-0.05, 0) is 24.4 Å². The molecule has 0 bridgehead atoms. The van der Waals surface area contributed by atoms with Crippen LogP contribution in [0.3, 0.4) is 0 Å². The fourth-order valence-corrected chi connectivity index (χ4v) is 2.09. The maximum atomic E-state index is 3.98. The molecule has 0 unspecified atom stereocenters. The average molecular weight is 183 g/mol. The first-order valence-corrected chi connectivity index (χ1v) is 5.28. The first kappa shape index (κ1) is 8.13. The number of hydrogen-bond acceptors (Lipinski definition) is 4. The molecule has 1 aliphatic rings. The third-order valence-corrected chi connectivity index (χ3v) is 2.89. The maximum absolute atomic E-state index is 3.98. The zero-order chi connectivity index (χ0) is 8.23. The lowest BCUT2D eigenvalue weighted by molar-refractivity contribution is 0.519. The second-order valence-electron chi connectivity index (χ2n) is 3.26. The average Bonchev–Trinajstić information content (AvgIpc) is 2.74. The van der Waals surface area contributed by atoms with Gasteiger partial charge in [0.05, 0.1) is 5.69 Å². The van der Waals surface area contributed by atoms with Crippen LogP contribution in [0.4, 0.5) is 0 Å². The van der Waals surface area contributed by atoms with Crippen LogP contribution >= 0.6 is 11.5 Å². The Morgan fingerprint density at radius 2 is 2.33 bits per heavy atom. The molecule has 0 saturated heterocycles. The zero-order valence-corrected chi connectivity index (χ0v) is 7.81. The first-order valence-electron chi connectivity index (χ1n) is 4.44. The molecule has 0 amide bonds. The number of hydrogen-bond donors (Lipinski definition) is 1. The summed E-state index contributed by atoms with van der Waals surface area (Å²) in [6, 6.07) is 0.728. The fraction of sp³-hybridized carbons (Fsp3) is 0.750. The first-order chi connectivity index (χ1) is 5.95. The summed E-state index contributed by atoms with van der Waals surface area (Å²) >= 11 is 1.42. The van der Waals surface area contributed by atoms with Crippen LogP contribution in [0.1, 0.15) is 31.4 Å². The Morgan fingerprint density at radius 3 is 3.00 bits per heavy atom. The molecule has 1 saturated carbocycles. The fourth-order valence-electron chi connectivity index (χ4n) is 1.64. The topological polar surface area (TPSA) is 37.8 Å². The van der Waals surface area contributed by atoms with Crippen molar-refractivity contribution in [2.24, 2.45) is 0 Å². The van der Waals surface area contributed by atoms with Gasteiger partial charge in [-0.2, -0.15) is 0 Å². The minimum atomic E-state index is 0.728. The van der Waals surface area contributed by atoms with Crippen LogP contribution in [0.15, 0.2) is 5.38 Å². The Morgan fingerprint density at radius 1 is 1.50 bits per heavy atom. The molecule has 1 heterocycles. The van der Waals surface area contributed by atoms with Gasteiger partial charge >= 0.3 is 0 Å². The molecule has 1 N–H and O–H groups in total. The van der Waals surface area contributed by atoms with Crippen LogP contribution in [-0.4, -0.2) is 15.6 Å². The van der Waals surface area contributed by atoms with Crippen LogP contribution in [0, 0.1) is 0 Å². The molecule has 66 valence electrons. The molecule has 0 atom stereocenters. The minimum Gasteiger partial charge on any atom is -0.308 e. The summed E-state index contributed by atoms with van der Waals surface area (Å²) in [5, 5.41) is 9.47. The zero-order valence-electron chi connectivity index (χ0n) is 6.99. The molecule has 1 aromatic heterocycles. The van der Waals surface area contributed by atoms with Gasteiger partial charge in [0.15, 0.2) is 0 Å². The van der Waals surface area contributed by atoms with E-state index < -0.39 is 0 Å². The van der Waals surface area contributed by atoms with Crippen molar-refractivity contribution < 1.29 is 0 Å². The highest BCUT2D eigenvalue weighted by atomic mass is 32.1. The lowest BCUT2D eigenvalue weighted by Crippen LogP contribution is -2.25. The third-order valence-electron chi connectivity index (χ3n) is 2.33. The van der Waals surface area contributed by atoms with Crippen molar-refractivity contribution in [3.05, 3.63) is 11.1 Å². The molecule has 1 aromatic rings. The monoisotopic (exact) mass is 183 g/mol. The van der Waals surface area contributed by atoms with Crippen LogP contribution < -0.4 is 5.32 Å². The molecule has 2 rings (SSSR count). The van der Waals surface area contributed by atoms with E-state index in [1.54, 1.807) is 0 Å². The molecule has 12 heavy (non-hydrogen) atoms. The largest absolute Gasteiger partial charge is 0.308 e. The molecule has 3 nitrogen and oxygen atoms in total. The van der Waals surface area contributed by atoms with Gasteiger partial charge in [0.2, 0.25) is 0 Å². The normalized spacial score (nSPS) is 18.7. The molecule has 1 fully saturated rings. The van der Waals surface area contributed by atoms with Crippen molar-refractivity contribution in [3.63, 3.8) is 0 Å². The molecule has 0 aliphatic heterocycles. The lowest BCUT2D eigenvalue weighted by Gasteiger charge is -2.08. The SMILES string of the molecule is c1snnc1CNC1CCCC1. The van der Waals surface area contributed by atoms with E-state index >= 15 is 0 Å². The van der Waals surface area contributed by atoms with Gasteiger partial charge in [-0.1, -0.05) is 17.3 Å². The highest BCUT2D eigenvalue weighted by molar-refractivity contribution is 7.03. The summed E-state index contributed by atoms with van der Waals surface area (Å²) in [5.74, 6) is 0. The van der Waals surface area contributed by atoms with Crippen LogP contribution in [0.5, 0.6) is 0 Å². The summed E-state index contributed by atoms with van der Waals surface area (Å²) in [6.07, 6.45) is 5.43. The molecular weight excluding hydrogens is 170 g/mol. The van der Waals surface area contributed by atoms with Gasteiger partial charge < -0.3 is 5.32 Å². The number of rotatable bonds is 3. The van der Waals surface area contributed by atoms with Crippen molar-refractivity contribution in [3.8, 4) is 0 Å². The Labute approximate surface area is 76.4 Å². The van der Waals surface area contributed by atoms with Crippen LogP contribution in [-0.2, 0) is 6.54 Å². The highest BCUT2D eigenvalue weighted by Gasteiger charge is 2.13. The van der Waals surface area contributed by atoms with Crippen LogP contribution in [0.25, 0.3) is 0 Å². The van der Waals surface area contributed by atoms with E-state index in [9.17, 15) is 0 Å². The van der Waals surface area contributed by atoms with E-state index in [2.05, 4.69) is 14.9 Å². The number of aromatic nitrogens is 2. The predicted molar refractivity (Wildman–Crippen MR) is 49.0 cm³/mol. The number of nitrogens with one attached hydrogen (secondary N) is 1. The summed E-state index contributed by atoms with van der Waals surface area (Å²) in [7, 11) is 0. The van der Waals surface area contributed by atoms with Gasteiger partial charge in [-0.25, -0.2) is 0 Å². The standard InChI is InChI=1S/C8H13N3S/c1-2-4-7(3-1)9-5-8-6-12-11-10-8/h6-7,9H,1-5H2. The third kappa shape index (κ3) is 2.01. The second kappa shape index (κ2) is 3.96. The van der Waals surface area contributed by atoms with E-state index in [1.165, 1.54) is 37.2 Å². The number of nitrogens with zero attached hydrogens (tertiary/aromatic N) is 2. The van der Waals surface area contributed by atoms with Crippen molar-refractivity contribution in [1.82, 2.24) is 14.9 Å². The Kier molecular flexibility index (Phi) is 2.68. The molecule has 0 aromatic carbocycles. The maximum Gasteiger partial charge on any atom is 0.0893 e. The van der Waals surface area contributed by atoms with Gasteiger partial charge in [-0.3, -0.25) is 0 Å². The quantitative estimate of drug-likeness (QED) is 0.773.